The van der Waals surface area contributed by atoms with Crippen molar-refractivity contribution in [2.75, 3.05) is 19.6 Å². The van der Waals surface area contributed by atoms with Crippen molar-refractivity contribution in [1.82, 2.24) is 5.32 Å². The van der Waals surface area contributed by atoms with Crippen LogP contribution in [-0.2, 0) is 0 Å². The summed E-state index contributed by atoms with van der Waals surface area (Å²) in [7, 11) is 0. The van der Waals surface area contributed by atoms with Crippen LogP contribution in [0.1, 0.15) is 85.5 Å². The van der Waals surface area contributed by atoms with Gasteiger partial charge in [-0.1, -0.05) is 59.8 Å². The predicted molar refractivity (Wildman–Crippen MR) is 92.1 cm³/mol. The van der Waals surface area contributed by atoms with Gasteiger partial charge in [-0.25, -0.2) is 0 Å². The van der Waals surface area contributed by atoms with Gasteiger partial charge in [-0.05, 0) is 50.1 Å². The second kappa shape index (κ2) is 12.6. The van der Waals surface area contributed by atoms with Crippen LogP contribution in [0.4, 0.5) is 0 Å². The lowest BCUT2D eigenvalue weighted by Crippen LogP contribution is -2.30. The number of rotatable bonds is 14. The van der Waals surface area contributed by atoms with E-state index in [-0.39, 0.29) is 0 Å². The van der Waals surface area contributed by atoms with Crippen LogP contribution in [0.25, 0.3) is 0 Å². The SMILES string of the molecule is CCCCCC(C)(C)CNCCCC(CCC)CCN. The summed E-state index contributed by atoms with van der Waals surface area (Å²) in [4.78, 5) is 0. The van der Waals surface area contributed by atoms with Crippen LogP contribution in [-0.4, -0.2) is 19.6 Å². The first-order valence-electron chi connectivity index (χ1n) is 8.96. The summed E-state index contributed by atoms with van der Waals surface area (Å²) < 4.78 is 0. The fourth-order valence-electron chi connectivity index (χ4n) is 2.96. The average molecular weight is 285 g/mol. The largest absolute Gasteiger partial charge is 0.330 e. The summed E-state index contributed by atoms with van der Waals surface area (Å²) in [6.07, 6.45) is 11.9. The lowest BCUT2D eigenvalue weighted by Gasteiger charge is -2.25. The van der Waals surface area contributed by atoms with E-state index < -0.39 is 0 Å². The molecular weight excluding hydrogens is 244 g/mol. The third kappa shape index (κ3) is 11.7. The van der Waals surface area contributed by atoms with Gasteiger partial charge in [0.2, 0.25) is 0 Å². The van der Waals surface area contributed by atoms with Gasteiger partial charge in [-0.2, -0.15) is 0 Å². The first kappa shape index (κ1) is 19.9. The zero-order valence-electron chi connectivity index (χ0n) is 14.6. The minimum Gasteiger partial charge on any atom is -0.330 e. The molecule has 0 fully saturated rings. The molecule has 0 rings (SSSR count). The number of nitrogens with two attached hydrogens (primary N) is 1. The van der Waals surface area contributed by atoms with Crippen LogP contribution in [0, 0.1) is 11.3 Å². The molecule has 0 bridgehead atoms. The Bertz CT molecular complexity index is 196. The third-order valence-electron chi connectivity index (χ3n) is 4.30. The van der Waals surface area contributed by atoms with Crippen molar-refractivity contribution in [3.05, 3.63) is 0 Å². The molecule has 2 heteroatoms. The first-order chi connectivity index (χ1) is 9.55. The summed E-state index contributed by atoms with van der Waals surface area (Å²) in [6.45, 7) is 12.5. The van der Waals surface area contributed by atoms with Crippen LogP contribution in [0.2, 0.25) is 0 Å². The van der Waals surface area contributed by atoms with E-state index in [0.29, 0.717) is 5.41 Å². The lowest BCUT2D eigenvalue weighted by molar-refractivity contribution is 0.299. The van der Waals surface area contributed by atoms with Gasteiger partial charge in [0.15, 0.2) is 0 Å². The maximum atomic E-state index is 5.69. The Balaban J connectivity index is 3.62. The fourth-order valence-corrected chi connectivity index (χ4v) is 2.96. The third-order valence-corrected chi connectivity index (χ3v) is 4.30. The molecular formula is C18H40N2. The van der Waals surface area contributed by atoms with Crippen molar-refractivity contribution in [2.24, 2.45) is 17.1 Å². The highest BCUT2D eigenvalue weighted by Crippen LogP contribution is 2.22. The zero-order chi connectivity index (χ0) is 15.3. The molecule has 0 aromatic rings. The Labute approximate surface area is 128 Å². The molecule has 1 unspecified atom stereocenters. The van der Waals surface area contributed by atoms with Crippen LogP contribution >= 0.6 is 0 Å². The molecule has 0 amide bonds. The predicted octanol–water partition coefficient (Wildman–Crippen LogP) is 4.73. The second-order valence-electron chi connectivity index (χ2n) is 7.17. The van der Waals surface area contributed by atoms with E-state index in [1.54, 1.807) is 0 Å². The summed E-state index contributed by atoms with van der Waals surface area (Å²) in [5.74, 6) is 0.851. The smallest absolute Gasteiger partial charge is 0.000252 e. The number of hydrogen-bond acceptors (Lipinski definition) is 2. The first-order valence-corrected chi connectivity index (χ1v) is 8.96. The Morgan fingerprint density at radius 1 is 0.950 bits per heavy atom. The maximum absolute atomic E-state index is 5.69. The summed E-state index contributed by atoms with van der Waals surface area (Å²) in [5, 5.41) is 3.66. The minimum atomic E-state index is 0.454. The second-order valence-corrected chi connectivity index (χ2v) is 7.17. The normalized spacial score (nSPS) is 13.7. The molecule has 1 atom stereocenters. The Hall–Kier alpha value is -0.0800. The fraction of sp³-hybridized carbons (Fsp3) is 1.00. The van der Waals surface area contributed by atoms with Gasteiger partial charge in [0.25, 0.3) is 0 Å². The molecule has 0 aliphatic carbocycles. The van der Waals surface area contributed by atoms with Gasteiger partial charge < -0.3 is 11.1 Å². The maximum Gasteiger partial charge on any atom is 0.000252 e. The quantitative estimate of drug-likeness (QED) is 0.453. The van der Waals surface area contributed by atoms with Gasteiger partial charge in [-0.15, -0.1) is 0 Å². The molecule has 0 heterocycles. The minimum absolute atomic E-state index is 0.454. The zero-order valence-corrected chi connectivity index (χ0v) is 14.6. The summed E-state index contributed by atoms with van der Waals surface area (Å²) in [6, 6.07) is 0. The van der Waals surface area contributed by atoms with E-state index in [1.807, 2.05) is 0 Å². The molecule has 0 spiro atoms. The molecule has 0 aromatic carbocycles. The van der Waals surface area contributed by atoms with E-state index in [4.69, 9.17) is 5.73 Å². The van der Waals surface area contributed by atoms with Crippen LogP contribution in [0.5, 0.6) is 0 Å². The molecule has 122 valence electrons. The van der Waals surface area contributed by atoms with E-state index in [2.05, 4.69) is 33.0 Å². The van der Waals surface area contributed by atoms with Gasteiger partial charge in [0.1, 0.15) is 0 Å². The molecule has 0 aromatic heterocycles. The molecule has 0 radical (unpaired) electrons. The lowest BCUT2D eigenvalue weighted by atomic mass is 9.87. The topological polar surface area (TPSA) is 38.0 Å². The number of unbranched alkanes of at least 4 members (excludes halogenated alkanes) is 2. The van der Waals surface area contributed by atoms with Crippen LogP contribution in [0.15, 0.2) is 0 Å². The van der Waals surface area contributed by atoms with Gasteiger partial charge in [0.05, 0.1) is 0 Å². The van der Waals surface area contributed by atoms with Gasteiger partial charge >= 0.3 is 0 Å². The highest BCUT2D eigenvalue weighted by atomic mass is 14.9. The van der Waals surface area contributed by atoms with Crippen molar-refractivity contribution in [1.29, 1.82) is 0 Å². The van der Waals surface area contributed by atoms with Crippen molar-refractivity contribution < 1.29 is 0 Å². The van der Waals surface area contributed by atoms with Crippen LogP contribution < -0.4 is 11.1 Å². The van der Waals surface area contributed by atoms with E-state index in [0.717, 1.165) is 19.0 Å². The highest BCUT2D eigenvalue weighted by molar-refractivity contribution is 4.71. The molecule has 0 saturated heterocycles. The Morgan fingerprint density at radius 3 is 2.30 bits per heavy atom. The number of nitrogens with one attached hydrogen (secondary N) is 1. The Kier molecular flexibility index (Phi) is 12.6. The summed E-state index contributed by atoms with van der Waals surface area (Å²) >= 11 is 0. The molecule has 20 heavy (non-hydrogen) atoms. The van der Waals surface area contributed by atoms with Crippen molar-refractivity contribution in [2.45, 2.75) is 85.5 Å². The molecule has 0 saturated carbocycles. The van der Waals surface area contributed by atoms with Crippen molar-refractivity contribution >= 4 is 0 Å². The standard InChI is InChI=1S/C18H40N2/c1-5-7-8-13-18(3,4)16-20-15-9-11-17(10-6-2)12-14-19/h17,20H,5-16,19H2,1-4H3. The molecule has 2 nitrogen and oxygen atoms in total. The molecule has 0 aliphatic rings. The Morgan fingerprint density at radius 2 is 1.70 bits per heavy atom. The highest BCUT2D eigenvalue weighted by Gasteiger charge is 2.16. The van der Waals surface area contributed by atoms with Gasteiger partial charge in [0, 0.05) is 6.54 Å². The molecule has 0 aliphatic heterocycles. The van der Waals surface area contributed by atoms with Crippen molar-refractivity contribution in [3.8, 4) is 0 Å². The molecule has 3 N–H and O–H groups in total. The van der Waals surface area contributed by atoms with Crippen molar-refractivity contribution in [3.63, 3.8) is 0 Å². The summed E-state index contributed by atoms with van der Waals surface area (Å²) in [5.41, 5.74) is 6.14. The van der Waals surface area contributed by atoms with E-state index in [1.165, 1.54) is 64.3 Å². The number of hydrogen-bond donors (Lipinski definition) is 2. The van der Waals surface area contributed by atoms with Crippen LogP contribution in [0.3, 0.4) is 0 Å². The average Bonchev–Trinajstić information content (AvgIpc) is 2.39. The van der Waals surface area contributed by atoms with E-state index in [9.17, 15) is 0 Å². The monoisotopic (exact) mass is 284 g/mol. The van der Waals surface area contributed by atoms with E-state index >= 15 is 0 Å². The van der Waals surface area contributed by atoms with Gasteiger partial charge in [-0.3, -0.25) is 0 Å².